The predicted molar refractivity (Wildman–Crippen MR) is 64.3 cm³/mol. The van der Waals surface area contributed by atoms with E-state index in [1.807, 2.05) is 0 Å². The van der Waals surface area contributed by atoms with Crippen molar-refractivity contribution in [2.45, 2.75) is 60.8 Å². The topological polar surface area (TPSA) is 0 Å². The van der Waals surface area contributed by atoms with Crippen molar-refractivity contribution in [1.29, 1.82) is 0 Å². The van der Waals surface area contributed by atoms with Gasteiger partial charge in [0, 0.05) is 0 Å². The van der Waals surface area contributed by atoms with E-state index < -0.39 is 0 Å². The first-order valence-electron chi connectivity index (χ1n) is 6.41. The van der Waals surface area contributed by atoms with Crippen LogP contribution in [0, 0.1) is 29.1 Å². The summed E-state index contributed by atoms with van der Waals surface area (Å²) in [6.07, 6.45) is 4.23. The SMILES string of the molecule is CCC(C)CC1C(C)C1(C)CC(C)C. The van der Waals surface area contributed by atoms with Crippen LogP contribution in [0.4, 0.5) is 0 Å². The highest BCUT2D eigenvalue weighted by Crippen LogP contribution is 2.64. The highest BCUT2D eigenvalue weighted by molar-refractivity contribution is 5.05. The first kappa shape index (κ1) is 12.1. The average Bonchev–Trinajstić information content (AvgIpc) is 2.55. The maximum atomic E-state index is 2.50. The van der Waals surface area contributed by atoms with Gasteiger partial charge in [-0.05, 0) is 41.9 Å². The third-order valence-electron chi connectivity index (χ3n) is 4.58. The molecule has 1 aliphatic carbocycles. The zero-order chi connectivity index (χ0) is 10.9. The maximum absolute atomic E-state index is 2.50. The Labute approximate surface area is 90.5 Å². The zero-order valence-corrected chi connectivity index (χ0v) is 10.9. The summed E-state index contributed by atoms with van der Waals surface area (Å²) in [4.78, 5) is 0. The van der Waals surface area contributed by atoms with Gasteiger partial charge >= 0.3 is 0 Å². The van der Waals surface area contributed by atoms with Crippen molar-refractivity contribution < 1.29 is 0 Å². The summed E-state index contributed by atoms with van der Waals surface area (Å²) < 4.78 is 0. The lowest BCUT2D eigenvalue weighted by Crippen LogP contribution is -2.06. The van der Waals surface area contributed by atoms with E-state index in [1.165, 1.54) is 19.3 Å². The molecule has 4 unspecified atom stereocenters. The Morgan fingerprint density at radius 3 is 2.21 bits per heavy atom. The van der Waals surface area contributed by atoms with Crippen molar-refractivity contribution in [3.8, 4) is 0 Å². The van der Waals surface area contributed by atoms with Crippen molar-refractivity contribution in [3.63, 3.8) is 0 Å². The molecule has 84 valence electrons. The van der Waals surface area contributed by atoms with E-state index in [9.17, 15) is 0 Å². The predicted octanol–water partition coefficient (Wildman–Crippen LogP) is 4.74. The molecule has 0 heterocycles. The fraction of sp³-hybridized carbons (Fsp3) is 1.00. The van der Waals surface area contributed by atoms with Crippen molar-refractivity contribution in [3.05, 3.63) is 0 Å². The number of hydrogen-bond donors (Lipinski definition) is 0. The molecule has 0 aromatic heterocycles. The molecule has 1 aliphatic rings. The van der Waals surface area contributed by atoms with Gasteiger partial charge < -0.3 is 0 Å². The van der Waals surface area contributed by atoms with E-state index in [4.69, 9.17) is 0 Å². The Kier molecular flexibility index (Phi) is 3.66. The van der Waals surface area contributed by atoms with E-state index in [0.29, 0.717) is 5.41 Å². The van der Waals surface area contributed by atoms with Gasteiger partial charge in [-0.1, -0.05) is 48.0 Å². The molecular weight excluding hydrogens is 168 g/mol. The van der Waals surface area contributed by atoms with E-state index in [0.717, 1.165) is 23.7 Å². The van der Waals surface area contributed by atoms with Gasteiger partial charge in [0.05, 0.1) is 0 Å². The summed E-state index contributed by atoms with van der Waals surface area (Å²) in [6.45, 7) is 14.4. The van der Waals surface area contributed by atoms with Crippen LogP contribution < -0.4 is 0 Å². The van der Waals surface area contributed by atoms with E-state index in [1.54, 1.807) is 0 Å². The second-order valence-electron chi connectivity index (χ2n) is 6.25. The molecule has 1 rings (SSSR count). The number of rotatable bonds is 5. The number of hydrogen-bond acceptors (Lipinski definition) is 0. The lowest BCUT2D eigenvalue weighted by atomic mass is 9.90. The fourth-order valence-electron chi connectivity index (χ4n) is 3.20. The molecule has 1 fully saturated rings. The van der Waals surface area contributed by atoms with Crippen LogP contribution in [0.1, 0.15) is 60.8 Å². The van der Waals surface area contributed by atoms with E-state index in [-0.39, 0.29) is 0 Å². The van der Waals surface area contributed by atoms with E-state index >= 15 is 0 Å². The van der Waals surface area contributed by atoms with Crippen LogP contribution in [-0.4, -0.2) is 0 Å². The molecule has 0 bridgehead atoms. The first-order valence-corrected chi connectivity index (χ1v) is 6.41. The molecule has 0 spiro atoms. The molecule has 0 nitrogen and oxygen atoms in total. The van der Waals surface area contributed by atoms with Crippen LogP contribution in [0.5, 0.6) is 0 Å². The summed E-state index contributed by atoms with van der Waals surface area (Å²) in [5, 5.41) is 0. The van der Waals surface area contributed by atoms with Gasteiger partial charge in [0.2, 0.25) is 0 Å². The molecular formula is C14H28. The van der Waals surface area contributed by atoms with Gasteiger partial charge in [-0.25, -0.2) is 0 Å². The first-order chi connectivity index (χ1) is 6.41. The molecule has 0 aromatic rings. The molecule has 14 heavy (non-hydrogen) atoms. The van der Waals surface area contributed by atoms with Crippen LogP contribution in [0.15, 0.2) is 0 Å². The van der Waals surface area contributed by atoms with Gasteiger partial charge in [0.1, 0.15) is 0 Å². The Morgan fingerprint density at radius 1 is 1.21 bits per heavy atom. The summed E-state index contributed by atoms with van der Waals surface area (Å²) in [6, 6.07) is 0. The monoisotopic (exact) mass is 196 g/mol. The van der Waals surface area contributed by atoms with Crippen LogP contribution in [0.3, 0.4) is 0 Å². The van der Waals surface area contributed by atoms with Gasteiger partial charge in [0.25, 0.3) is 0 Å². The second kappa shape index (κ2) is 4.24. The smallest absolute Gasteiger partial charge is 0.0264 e. The second-order valence-corrected chi connectivity index (χ2v) is 6.25. The lowest BCUT2D eigenvalue weighted by molar-refractivity contribution is 0.347. The standard InChI is InChI=1S/C14H28/c1-7-11(4)8-13-12(5)14(13,6)9-10(2)3/h10-13H,7-9H2,1-6H3. The highest BCUT2D eigenvalue weighted by Gasteiger charge is 2.57. The van der Waals surface area contributed by atoms with Gasteiger partial charge in [-0.2, -0.15) is 0 Å². The van der Waals surface area contributed by atoms with Crippen LogP contribution in [0.25, 0.3) is 0 Å². The largest absolute Gasteiger partial charge is 0.0651 e. The Morgan fingerprint density at radius 2 is 1.79 bits per heavy atom. The van der Waals surface area contributed by atoms with E-state index in [2.05, 4.69) is 41.5 Å². The fourth-order valence-corrected chi connectivity index (χ4v) is 3.20. The molecule has 0 amide bonds. The molecule has 1 saturated carbocycles. The van der Waals surface area contributed by atoms with Crippen molar-refractivity contribution in [2.75, 3.05) is 0 Å². The molecule has 0 radical (unpaired) electrons. The van der Waals surface area contributed by atoms with Crippen LogP contribution in [-0.2, 0) is 0 Å². The van der Waals surface area contributed by atoms with Crippen LogP contribution >= 0.6 is 0 Å². The molecule has 0 saturated heterocycles. The third-order valence-corrected chi connectivity index (χ3v) is 4.58. The average molecular weight is 196 g/mol. The summed E-state index contributed by atoms with van der Waals surface area (Å²) in [5.74, 6) is 3.78. The van der Waals surface area contributed by atoms with Crippen molar-refractivity contribution in [2.24, 2.45) is 29.1 Å². The maximum Gasteiger partial charge on any atom is -0.0264 e. The van der Waals surface area contributed by atoms with Gasteiger partial charge in [-0.3, -0.25) is 0 Å². The Hall–Kier alpha value is 0. The zero-order valence-electron chi connectivity index (χ0n) is 10.9. The summed E-state index contributed by atoms with van der Waals surface area (Å²) in [7, 11) is 0. The quantitative estimate of drug-likeness (QED) is 0.595. The molecule has 0 aromatic carbocycles. The molecule has 0 heteroatoms. The Bertz CT molecular complexity index is 182. The van der Waals surface area contributed by atoms with Crippen molar-refractivity contribution >= 4 is 0 Å². The van der Waals surface area contributed by atoms with Crippen LogP contribution in [0.2, 0.25) is 0 Å². The summed E-state index contributed by atoms with van der Waals surface area (Å²) in [5.41, 5.74) is 0.678. The highest BCUT2D eigenvalue weighted by atomic mass is 14.6. The minimum Gasteiger partial charge on any atom is -0.0651 e. The normalized spacial score (nSPS) is 38.8. The Balaban J connectivity index is 2.43. The van der Waals surface area contributed by atoms with Gasteiger partial charge in [-0.15, -0.1) is 0 Å². The minimum atomic E-state index is 0.678. The third kappa shape index (κ3) is 2.32. The van der Waals surface area contributed by atoms with Gasteiger partial charge in [0.15, 0.2) is 0 Å². The lowest BCUT2D eigenvalue weighted by Gasteiger charge is -2.16. The molecule has 4 atom stereocenters. The minimum absolute atomic E-state index is 0.678. The molecule has 0 N–H and O–H groups in total. The summed E-state index contributed by atoms with van der Waals surface area (Å²) >= 11 is 0. The van der Waals surface area contributed by atoms with Crippen molar-refractivity contribution in [1.82, 2.24) is 0 Å². The molecule has 0 aliphatic heterocycles.